The summed E-state index contributed by atoms with van der Waals surface area (Å²) in [7, 11) is 3.47. The quantitative estimate of drug-likeness (QED) is 0.574. The normalized spacial score (nSPS) is 19.0. The molecule has 1 N–H and O–H groups in total. The van der Waals surface area contributed by atoms with Gasteiger partial charge in [-0.3, -0.25) is 10.1 Å². The number of nitrogens with one attached hydrogen (secondary N) is 1. The van der Waals surface area contributed by atoms with E-state index in [0.717, 1.165) is 0 Å². The molecule has 0 aromatic heterocycles. The zero-order chi connectivity index (χ0) is 10.7. The lowest BCUT2D eigenvalue weighted by molar-refractivity contribution is -0.120. The third-order valence-electron chi connectivity index (χ3n) is 1.73. The molecule has 1 rings (SSSR count). The predicted octanol–water partition coefficient (Wildman–Crippen LogP) is -1.01. The second kappa shape index (κ2) is 4.07. The van der Waals surface area contributed by atoms with Crippen molar-refractivity contribution in [2.45, 2.75) is 6.04 Å². The number of amides is 3. The Kier molecular flexibility index (Phi) is 3.04. The number of hydrogen-bond donors (Lipinski definition) is 1. The number of rotatable bonds is 2. The summed E-state index contributed by atoms with van der Waals surface area (Å²) in [5.74, 6) is -0.358. The van der Waals surface area contributed by atoms with Crippen molar-refractivity contribution in [1.29, 1.82) is 5.26 Å². The molecule has 6 heteroatoms. The van der Waals surface area contributed by atoms with Gasteiger partial charge in [-0.25, -0.2) is 4.79 Å². The van der Waals surface area contributed by atoms with Crippen molar-refractivity contribution in [3.8, 4) is 6.07 Å². The topological polar surface area (TPSA) is 76.2 Å². The Morgan fingerprint density at radius 2 is 2.29 bits per heavy atom. The van der Waals surface area contributed by atoms with E-state index in [-0.39, 0.29) is 18.5 Å². The maximum absolute atomic E-state index is 11.2. The lowest BCUT2D eigenvalue weighted by Crippen LogP contribution is -2.40. The third kappa shape index (κ3) is 2.71. The van der Waals surface area contributed by atoms with Gasteiger partial charge in [-0.05, 0) is 14.1 Å². The van der Waals surface area contributed by atoms with Crippen molar-refractivity contribution in [1.82, 2.24) is 15.1 Å². The molecule has 1 heterocycles. The number of hydrogen-bond acceptors (Lipinski definition) is 4. The van der Waals surface area contributed by atoms with E-state index in [2.05, 4.69) is 5.32 Å². The van der Waals surface area contributed by atoms with Crippen molar-refractivity contribution in [2.75, 3.05) is 27.2 Å². The number of nitriles is 1. The first kappa shape index (κ1) is 10.5. The molecule has 0 aromatic carbocycles. The molecule has 14 heavy (non-hydrogen) atoms. The highest BCUT2D eigenvalue weighted by Crippen LogP contribution is 2.15. The first-order valence-corrected chi connectivity index (χ1v) is 4.19. The number of nitrogens with zero attached hydrogens (tertiary/aromatic N) is 3. The van der Waals surface area contributed by atoms with Gasteiger partial charge in [0.15, 0.2) is 0 Å². The minimum Gasteiger partial charge on any atom is -0.303 e. The Balaban J connectivity index is 2.29. The van der Waals surface area contributed by atoms with Crippen molar-refractivity contribution in [3.63, 3.8) is 0 Å². The predicted molar refractivity (Wildman–Crippen MR) is 48.2 cm³/mol. The zero-order valence-corrected chi connectivity index (χ0v) is 8.15. The first-order chi connectivity index (χ1) is 6.54. The second-order valence-electron chi connectivity index (χ2n) is 3.39. The van der Waals surface area contributed by atoms with E-state index in [9.17, 15) is 9.59 Å². The van der Waals surface area contributed by atoms with Gasteiger partial charge in [-0.15, -0.1) is 0 Å². The van der Waals surface area contributed by atoms with E-state index in [1.54, 1.807) is 19.0 Å². The summed E-state index contributed by atoms with van der Waals surface area (Å²) in [5.41, 5.74) is 0. The monoisotopic (exact) mass is 196 g/mol. The molecule has 76 valence electrons. The van der Waals surface area contributed by atoms with E-state index in [0.29, 0.717) is 6.54 Å². The van der Waals surface area contributed by atoms with Gasteiger partial charge in [0.1, 0.15) is 6.04 Å². The average molecular weight is 196 g/mol. The summed E-state index contributed by atoms with van der Waals surface area (Å²) in [5, 5.41) is 10.6. The second-order valence-corrected chi connectivity index (χ2v) is 3.39. The molecule has 1 fully saturated rings. The molecular formula is C8H12N4O2. The Morgan fingerprint density at radius 3 is 2.71 bits per heavy atom. The van der Waals surface area contributed by atoms with Gasteiger partial charge in [0.05, 0.1) is 19.2 Å². The van der Waals surface area contributed by atoms with Crippen LogP contribution in [0, 0.1) is 11.3 Å². The fraction of sp³-hybridized carbons (Fsp3) is 0.625. The van der Waals surface area contributed by atoms with Crippen molar-refractivity contribution in [3.05, 3.63) is 0 Å². The highest BCUT2D eigenvalue weighted by atomic mass is 16.2. The van der Waals surface area contributed by atoms with E-state index in [1.165, 1.54) is 4.90 Å². The van der Waals surface area contributed by atoms with Crippen LogP contribution in [0.3, 0.4) is 0 Å². The molecule has 0 aliphatic carbocycles. The highest BCUT2D eigenvalue weighted by Gasteiger charge is 2.39. The summed E-state index contributed by atoms with van der Waals surface area (Å²) >= 11 is 0. The lowest BCUT2D eigenvalue weighted by atomic mass is 10.5. The van der Waals surface area contributed by atoms with E-state index in [4.69, 9.17) is 5.26 Å². The Bertz CT molecular complexity index is 294. The summed E-state index contributed by atoms with van der Waals surface area (Å²) in [6, 6.07) is 1.09. The molecule has 1 saturated heterocycles. The van der Waals surface area contributed by atoms with Crippen LogP contribution in [-0.2, 0) is 4.79 Å². The average Bonchev–Trinajstić information content (AvgIpc) is 2.80. The fourth-order valence-electron chi connectivity index (χ4n) is 0.992. The highest BCUT2D eigenvalue weighted by molar-refractivity contribution is 5.96. The van der Waals surface area contributed by atoms with Crippen LogP contribution in [-0.4, -0.2) is 55.0 Å². The van der Waals surface area contributed by atoms with Gasteiger partial charge in [0.25, 0.3) is 0 Å². The molecule has 0 saturated carbocycles. The minimum atomic E-state index is -0.483. The molecular weight excluding hydrogens is 184 g/mol. The number of urea groups is 1. The van der Waals surface area contributed by atoms with Gasteiger partial charge in [0.2, 0.25) is 5.91 Å². The smallest absolute Gasteiger partial charge is 0.303 e. The fourth-order valence-corrected chi connectivity index (χ4v) is 0.992. The molecule has 3 amide bonds. The van der Waals surface area contributed by atoms with Crippen LogP contribution in [0.1, 0.15) is 0 Å². The maximum Gasteiger partial charge on any atom is 0.325 e. The number of carbonyl (C=O) groups is 2. The van der Waals surface area contributed by atoms with Crippen LogP contribution in [0.25, 0.3) is 0 Å². The number of carbonyl (C=O) groups excluding carboxylic acids is 2. The molecule has 6 nitrogen and oxygen atoms in total. The van der Waals surface area contributed by atoms with E-state index < -0.39 is 6.03 Å². The Morgan fingerprint density at radius 1 is 1.64 bits per heavy atom. The summed E-state index contributed by atoms with van der Waals surface area (Å²) < 4.78 is 0. The van der Waals surface area contributed by atoms with Gasteiger partial charge in [-0.2, -0.15) is 5.26 Å². The van der Waals surface area contributed by atoms with Crippen molar-refractivity contribution < 1.29 is 9.59 Å². The standard InChI is InChI=1S/C8H12N4O2/c1-11(2)5-7(13)10-8(14)12-4-6(12)3-9/h6H,4-5H2,1-2H3,(H,10,13,14). The third-order valence-corrected chi connectivity index (χ3v) is 1.73. The van der Waals surface area contributed by atoms with Gasteiger partial charge in [-0.1, -0.05) is 0 Å². The van der Waals surface area contributed by atoms with Crippen LogP contribution >= 0.6 is 0 Å². The molecule has 1 atom stereocenters. The van der Waals surface area contributed by atoms with E-state index in [1.807, 2.05) is 6.07 Å². The first-order valence-electron chi connectivity index (χ1n) is 4.19. The van der Waals surface area contributed by atoms with Crippen molar-refractivity contribution in [2.24, 2.45) is 0 Å². The molecule has 1 unspecified atom stereocenters. The number of imide groups is 1. The largest absolute Gasteiger partial charge is 0.325 e. The van der Waals surface area contributed by atoms with Crippen LogP contribution in [0.4, 0.5) is 4.79 Å². The van der Waals surface area contributed by atoms with Crippen molar-refractivity contribution >= 4 is 11.9 Å². The summed E-state index contributed by atoms with van der Waals surface area (Å²) in [6.07, 6.45) is 0. The minimum absolute atomic E-state index is 0.163. The van der Waals surface area contributed by atoms with Crippen LogP contribution in [0.2, 0.25) is 0 Å². The van der Waals surface area contributed by atoms with Crippen LogP contribution < -0.4 is 5.32 Å². The molecule has 0 aromatic rings. The van der Waals surface area contributed by atoms with Gasteiger partial charge >= 0.3 is 6.03 Å². The van der Waals surface area contributed by atoms with Gasteiger partial charge in [0, 0.05) is 0 Å². The SMILES string of the molecule is CN(C)CC(=O)NC(=O)N1CC1C#N. The van der Waals surface area contributed by atoms with Crippen LogP contribution in [0.15, 0.2) is 0 Å². The maximum atomic E-state index is 11.2. The summed E-state index contributed by atoms with van der Waals surface area (Å²) in [4.78, 5) is 25.3. The van der Waals surface area contributed by atoms with E-state index >= 15 is 0 Å². The molecule has 1 aliphatic rings. The Labute approximate surface area is 82.1 Å². The van der Waals surface area contributed by atoms with Crippen LogP contribution in [0.5, 0.6) is 0 Å². The molecule has 0 radical (unpaired) electrons. The molecule has 1 aliphatic heterocycles. The molecule has 0 bridgehead atoms. The Hall–Kier alpha value is -1.61. The molecule has 0 spiro atoms. The lowest BCUT2D eigenvalue weighted by Gasteiger charge is -2.09. The number of likely N-dealkylation sites (N-methyl/N-ethyl adjacent to an activating group) is 1. The van der Waals surface area contributed by atoms with Gasteiger partial charge < -0.3 is 9.80 Å². The summed E-state index contributed by atoms with van der Waals surface area (Å²) in [6.45, 7) is 0.578. The zero-order valence-electron chi connectivity index (χ0n) is 8.15.